The second kappa shape index (κ2) is 8.17. The topological polar surface area (TPSA) is 110 Å². The fourth-order valence-corrected chi connectivity index (χ4v) is 4.13. The number of carbonyl (C=O) groups is 3. The van der Waals surface area contributed by atoms with Gasteiger partial charge in [-0.15, -0.1) is 11.3 Å². The molecule has 3 rings (SSSR count). The van der Waals surface area contributed by atoms with Crippen LogP contribution in [0.4, 0.5) is 5.00 Å². The molecule has 8 nitrogen and oxygen atoms in total. The van der Waals surface area contributed by atoms with Crippen molar-refractivity contribution in [3.63, 3.8) is 0 Å². The summed E-state index contributed by atoms with van der Waals surface area (Å²) in [6.45, 7) is 1.78. The third kappa shape index (κ3) is 4.25. The first-order valence-electron chi connectivity index (χ1n) is 8.43. The van der Waals surface area contributed by atoms with Crippen molar-refractivity contribution in [2.24, 2.45) is 5.10 Å². The van der Waals surface area contributed by atoms with Crippen LogP contribution in [0.2, 0.25) is 0 Å². The Morgan fingerprint density at radius 2 is 2.00 bits per heavy atom. The molecule has 0 saturated heterocycles. The van der Waals surface area contributed by atoms with Crippen molar-refractivity contribution in [1.82, 2.24) is 5.43 Å². The average molecular weight is 389 g/mol. The summed E-state index contributed by atoms with van der Waals surface area (Å²) in [5.41, 5.74) is 3.38. The predicted molar refractivity (Wildman–Crippen MR) is 100 cm³/mol. The van der Waals surface area contributed by atoms with Gasteiger partial charge in [-0.05, 0) is 50.3 Å². The van der Waals surface area contributed by atoms with Gasteiger partial charge in [0.25, 0.3) is 0 Å². The largest absolute Gasteiger partial charge is 0.465 e. The van der Waals surface area contributed by atoms with E-state index in [4.69, 9.17) is 9.15 Å². The zero-order chi connectivity index (χ0) is 19.4. The van der Waals surface area contributed by atoms with E-state index in [1.807, 2.05) is 0 Å². The molecule has 0 bridgehead atoms. The minimum atomic E-state index is -0.947. The van der Waals surface area contributed by atoms with E-state index in [-0.39, 0.29) is 0 Å². The maximum atomic E-state index is 12.2. The lowest BCUT2D eigenvalue weighted by atomic mass is 9.95. The van der Waals surface area contributed by atoms with Gasteiger partial charge >= 0.3 is 17.8 Å². The summed E-state index contributed by atoms with van der Waals surface area (Å²) in [6.07, 6.45) is 4.90. The van der Waals surface area contributed by atoms with Crippen molar-refractivity contribution in [2.75, 3.05) is 12.4 Å². The third-order valence-corrected chi connectivity index (χ3v) is 5.32. The Balaban J connectivity index is 1.69. The number of nitrogens with one attached hydrogen (secondary N) is 2. The summed E-state index contributed by atoms with van der Waals surface area (Å²) in [5.74, 6) is -1.22. The number of anilines is 1. The predicted octanol–water partition coefficient (Wildman–Crippen LogP) is 2.40. The molecule has 0 aliphatic heterocycles. The quantitative estimate of drug-likeness (QED) is 0.361. The molecule has 142 valence electrons. The smallest absolute Gasteiger partial charge is 0.341 e. The first-order chi connectivity index (χ1) is 13.0. The Kier molecular flexibility index (Phi) is 5.70. The van der Waals surface area contributed by atoms with Crippen molar-refractivity contribution < 1.29 is 23.5 Å². The molecule has 0 radical (unpaired) electrons. The SMILES string of the molecule is COC(=O)c1c(NC(=O)C(=O)NN=Cc2ccc(C)o2)sc2c1CCCC2. The Hall–Kier alpha value is -2.94. The van der Waals surface area contributed by atoms with Gasteiger partial charge in [-0.1, -0.05) is 0 Å². The van der Waals surface area contributed by atoms with Gasteiger partial charge in [-0.25, -0.2) is 10.2 Å². The number of nitrogens with zero attached hydrogens (tertiary/aromatic N) is 1. The average Bonchev–Trinajstić information content (AvgIpc) is 3.23. The van der Waals surface area contributed by atoms with Crippen molar-refractivity contribution in [2.45, 2.75) is 32.6 Å². The molecular formula is C18H19N3O5S. The maximum absolute atomic E-state index is 12.2. The molecule has 0 fully saturated rings. The number of ether oxygens (including phenoxy) is 1. The number of hydrogen-bond acceptors (Lipinski definition) is 7. The number of furan rings is 1. The lowest BCUT2D eigenvalue weighted by Gasteiger charge is -2.11. The molecule has 2 heterocycles. The number of carbonyl (C=O) groups excluding carboxylic acids is 3. The van der Waals surface area contributed by atoms with Crippen LogP contribution in [0.25, 0.3) is 0 Å². The fourth-order valence-electron chi connectivity index (χ4n) is 2.86. The zero-order valence-corrected chi connectivity index (χ0v) is 15.8. The molecule has 0 saturated carbocycles. The zero-order valence-electron chi connectivity index (χ0n) is 15.0. The van der Waals surface area contributed by atoms with E-state index in [1.54, 1.807) is 19.1 Å². The number of thiophene rings is 1. The second-order valence-corrected chi connectivity index (χ2v) is 7.11. The summed E-state index contributed by atoms with van der Waals surface area (Å²) in [4.78, 5) is 37.3. The number of fused-ring (bicyclic) bond motifs is 1. The van der Waals surface area contributed by atoms with Crippen LogP contribution in [0, 0.1) is 6.92 Å². The van der Waals surface area contributed by atoms with Gasteiger partial charge in [-0.3, -0.25) is 9.59 Å². The highest BCUT2D eigenvalue weighted by Crippen LogP contribution is 2.38. The third-order valence-electron chi connectivity index (χ3n) is 4.11. The van der Waals surface area contributed by atoms with Crippen LogP contribution in [0.1, 0.15) is 45.2 Å². The van der Waals surface area contributed by atoms with Gasteiger partial charge in [0.15, 0.2) is 0 Å². The van der Waals surface area contributed by atoms with E-state index in [0.29, 0.717) is 22.1 Å². The number of rotatable bonds is 4. The molecule has 0 aromatic carbocycles. The van der Waals surface area contributed by atoms with Crippen LogP contribution in [-0.4, -0.2) is 31.1 Å². The van der Waals surface area contributed by atoms with Gasteiger partial charge in [0.1, 0.15) is 16.5 Å². The fraction of sp³-hybridized carbons (Fsp3) is 0.333. The molecule has 0 atom stereocenters. The Morgan fingerprint density at radius 3 is 2.70 bits per heavy atom. The van der Waals surface area contributed by atoms with Gasteiger partial charge in [-0.2, -0.15) is 5.10 Å². The van der Waals surface area contributed by atoms with Crippen LogP contribution < -0.4 is 10.7 Å². The number of hydrazone groups is 1. The number of amides is 2. The molecule has 1 aliphatic carbocycles. The molecular weight excluding hydrogens is 370 g/mol. The normalized spacial score (nSPS) is 13.3. The van der Waals surface area contributed by atoms with Gasteiger partial charge < -0.3 is 14.5 Å². The Morgan fingerprint density at radius 1 is 1.22 bits per heavy atom. The van der Waals surface area contributed by atoms with E-state index in [1.165, 1.54) is 24.7 Å². The number of esters is 1. The standard InChI is InChI=1S/C18H19N3O5S/c1-10-7-8-11(26-10)9-19-21-16(23)15(22)20-17-14(18(24)25-2)12-5-3-4-6-13(12)27-17/h7-9H,3-6H2,1-2H3,(H,20,22)(H,21,23). The maximum Gasteiger partial charge on any atom is 0.341 e. The first-order valence-corrected chi connectivity index (χ1v) is 9.25. The van der Waals surface area contributed by atoms with Crippen molar-refractivity contribution in [3.8, 4) is 0 Å². The highest BCUT2D eigenvalue weighted by Gasteiger charge is 2.28. The van der Waals surface area contributed by atoms with Crippen LogP contribution in [0.15, 0.2) is 21.7 Å². The van der Waals surface area contributed by atoms with Gasteiger partial charge in [0.05, 0.1) is 18.9 Å². The minimum absolute atomic E-state index is 0.333. The van der Waals surface area contributed by atoms with Crippen LogP contribution in [0.5, 0.6) is 0 Å². The van der Waals surface area contributed by atoms with E-state index in [2.05, 4.69) is 15.8 Å². The number of aryl methyl sites for hydroxylation is 2. The molecule has 0 spiro atoms. The van der Waals surface area contributed by atoms with Crippen molar-refractivity contribution >= 4 is 40.3 Å². The number of hydrogen-bond donors (Lipinski definition) is 2. The highest BCUT2D eigenvalue weighted by molar-refractivity contribution is 7.17. The van der Waals surface area contributed by atoms with E-state index in [9.17, 15) is 14.4 Å². The second-order valence-electron chi connectivity index (χ2n) is 6.01. The molecule has 9 heteroatoms. The molecule has 2 aromatic heterocycles. The molecule has 27 heavy (non-hydrogen) atoms. The molecule has 2 aromatic rings. The minimum Gasteiger partial charge on any atom is -0.465 e. The van der Waals surface area contributed by atoms with Crippen LogP contribution >= 0.6 is 11.3 Å². The van der Waals surface area contributed by atoms with Gasteiger partial charge in [0, 0.05) is 4.88 Å². The summed E-state index contributed by atoms with van der Waals surface area (Å²) in [5, 5.41) is 6.53. The summed E-state index contributed by atoms with van der Waals surface area (Å²) in [7, 11) is 1.29. The first kappa shape index (κ1) is 18.8. The van der Waals surface area contributed by atoms with Crippen LogP contribution in [0.3, 0.4) is 0 Å². The van der Waals surface area contributed by atoms with Crippen LogP contribution in [-0.2, 0) is 27.2 Å². The summed E-state index contributed by atoms with van der Waals surface area (Å²) >= 11 is 1.31. The number of methoxy groups -OCH3 is 1. The van der Waals surface area contributed by atoms with E-state index in [0.717, 1.165) is 36.1 Å². The summed E-state index contributed by atoms with van der Waals surface area (Å²) < 4.78 is 10.1. The van der Waals surface area contributed by atoms with Crippen molar-refractivity contribution in [3.05, 3.63) is 39.7 Å². The molecule has 1 aliphatic rings. The van der Waals surface area contributed by atoms with E-state index >= 15 is 0 Å². The van der Waals surface area contributed by atoms with E-state index < -0.39 is 17.8 Å². The lowest BCUT2D eigenvalue weighted by Crippen LogP contribution is -2.32. The molecule has 0 unspecified atom stereocenters. The molecule has 2 amide bonds. The molecule has 2 N–H and O–H groups in total. The van der Waals surface area contributed by atoms with Gasteiger partial charge in [0.2, 0.25) is 0 Å². The Labute approximate surface area is 159 Å². The Bertz CT molecular complexity index is 912. The monoisotopic (exact) mass is 389 g/mol. The van der Waals surface area contributed by atoms with Crippen molar-refractivity contribution in [1.29, 1.82) is 0 Å². The summed E-state index contributed by atoms with van der Waals surface area (Å²) in [6, 6.07) is 3.44. The lowest BCUT2D eigenvalue weighted by molar-refractivity contribution is -0.136. The highest BCUT2D eigenvalue weighted by atomic mass is 32.1.